The molecule has 2 saturated heterocycles. The van der Waals surface area contributed by atoms with Crippen LogP contribution in [-0.2, 0) is 4.74 Å². The number of nitrogens with one attached hydrogen (secondary N) is 1. The highest BCUT2D eigenvalue weighted by Gasteiger charge is 2.49. The average Bonchev–Trinajstić information content (AvgIpc) is 3.24. The van der Waals surface area contributed by atoms with Crippen LogP contribution >= 0.6 is 0 Å². The number of amides is 2. The molecule has 3 heterocycles. The van der Waals surface area contributed by atoms with E-state index in [9.17, 15) is 14.7 Å². The fourth-order valence-electron chi connectivity index (χ4n) is 4.86. The number of phenolic OH excluding ortho intramolecular Hbond substituents is 1. The van der Waals surface area contributed by atoms with E-state index in [1.54, 1.807) is 23.1 Å². The van der Waals surface area contributed by atoms with Gasteiger partial charge in [0.2, 0.25) is 0 Å². The molecule has 1 atom stereocenters. The molecule has 2 N–H and O–H groups in total. The van der Waals surface area contributed by atoms with E-state index in [-0.39, 0.29) is 35.0 Å². The summed E-state index contributed by atoms with van der Waals surface area (Å²) in [6, 6.07) is 6.34. The topological polar surface area (TPSA) is 114 Å². The summed E-state index contributed by atoms with van der Waals surface area (Å²) < 4.78 is 16.8. The van der Waals surface area contributed by atoms with Crippen LogP contribution < -0.4 is 10.1 Å². The van der Waals surface area contributed by atoms with Gasteiger partial charge in [-0.1, -0.05) is 11.6 Å². The summed E-state index contributed by atoms with van der Waals surface area (Å²) in [6.07, 6.45) is 5.99. The predicted molar refractivity (Wildman–Crippen MR) is 117 cm³/mol. The summed E-state index contributed by atoms with van der Waals surface area (Å²) in [5, 5.41) is 16.6. The molecule has 9 nitrogen and oxygen atoms in total. The molecule has 1 saturated carbocycles. The van der Waals surface area contributed by atoms with Crippen LogP contribution in [0.4, 0.5) is 0 Å². The van der Waals surface area contributed by atoms with Crippen molar-refractivity contribution in [2.75, 3.05) is 26.7 Å². The number of aromatic nitrogens is 1. The van der Waals surface area contributed by atoms with Gasteiger partial charge in [-0.05, 0) is 50.3 Å². The van der Waals surface area contributed by atoms with Gasteiger partial charge < -0.3 is 29.3 Å². The van der Waals surface area contributed by atoms with Crippen molar-refractivity contribution < 1.29 is 28.7 Å². The summed E-state index contributed by atoms with van der Waals surface area (Å²) in [7, 11) is 1.45. The van der Waals surface area contributed by atoms with Crippen molar-refractivity contribution >= 4 is 11.8 Å². The number of rotatable bonds is 6. The number of hydrogen-bond donors (Lipinski definition) is 2. The van der Waals surface area contributed by atoms with Crippen molar-refractivity contribution in [2.24, 2.45) is 0 Å². The number of aromatic hydroxyl groups is 1. The Kier molecular flexibility index (Phi) is 5.74. The lowest BCUT2D eigenvalue weighted by molar-refractivity contribution is -0.185. The monoisotopic (exact) mass is 455 g/mol. The van der Waals surface area contributed by atoms with Gasteiger partial charge in [-0.3, -0.25) is 9.59 Å². The Balaban J connectivity index is 1.13. The second kappa shape index (κ2) is 8.70. The molecule has 1 unspecified atom stereocenters. The average molecular weight is 456 g/mol. The molecule has 2 amide bonds. The van der Waals surface area contributed by atoms with Gasteiger partial charge in [-0.15, -0.1) is 0 Å². The highest BCUT2D eigenvalue weighted by atomic mass is 16.5. The zero-order chi connectivity index (χ0) is 23.0. The number of carbonyl (C=O) groups excluding carboxylic acids is 2. The molecule has 0 bridgehead atoms. The number of likely N-dealkylation sites (tertiary alicyclic amines) is 1. The maximum Gasteiger partial charge on any atom is 0.273 e. The van der Waals surface area contributed by atoms with Crippen LogP contribution in [0.5, 0.6) is 11.5 Å². The molecular weight excluding hydrogens is 426 g/mol. The first-order valence-corrected chi connectivity index (χ1v) is 11.6. The minimum absolute atomic E-state index is 0.000450. The van der Waals surface area contributed by atoms with Crippen LogP contribution in [0.3, 0.4) is 0 Å². The van der Waals surface area contributed by atoms with Gasteiger partial charge in [0.05, 0.1) is 26.3 Å². The van der Waals surface area contributed by atoms with Gasteiger partial charge >= 0.3 is 0 Å². The van der Waals surface area contributed by atoms with E-state index >= 15 is 0 Å². The molecule has 33 heavy (non-hydrogen) atoms. The molecule has 3 fully saturated rings. The van der Waals surface area contributed by atoms with E-state index in [4.69, 9.17) is 14.0 Å². The third kappa shape index (κ3) is 4.29. The number of nitrogens with zero attached hydrogens (tertiary/aromatic N) is 2. The second-order valence-electron chi connectivity index (χ2n) is 9.32. The van der Waals surface area contributed by atoms with Crippen molar-refractivity contribution in [3.05, 3.63) is 41.3 Å². The van der Waals surface area contributed by atoms with Crippen molar-refractivity contribution in [3.8, 4) is 11.5 Å². The lowest BCUT2D eigenvalue weighted by Gasteiger charge is -2.53. The van der Waals surface area contributed by atoms with E-state index in [0.717, 1.165) is 37.9 Å². The van der Waals surface area contributed by atoms with Crippen LogP contribution in [-0.4, -0.2) is 65.4 Å². The van der Waals surface area contributed by atoms with E-state index in [1.165, 1.54) is 19.6 Å². The number of phenols is 1. The highest BCUT2D eigenvalue weighted by Crippen LogP contribution is 2.38. The van der Waals surface area contributed by atoms with Gasteiger partial charge in [0.1, 0.15) is 11.4 Å². The number of ether oxygens (including phenoxy) is 2. The van der Waals surface area contributed by atoms with Crippen LogP contribution in [0.2, 0.25) is 0 Å². The Morgan fingerprint density at radius 3 is 2.79 bits per heavy atom. The Morgan fingerprint density at radius 2 is 2.06 bits per heavy atom. The fraction of sp³-hybridized carbons (Fsp3) is 0.542. The standard InChI is InChI=1S/C24H29N3O6/c1-31-21-10-16(7-8-19(21)28)23(30)27-13-24(14-27)9-3-6-17(32-24)12-25-22(29)18-11-20(33-26-18)15-4-2-5-15/h7-8,10-11,15,17,28H,2-6,9,12-14H2,1H3,(H,25,29). The first kappa shape index (κ1) is 21.8. The van der Waals surface area contributed by atoms with E-state index in [0.29, 0.717) is 36.8 Å². The van der Waals surface area contributed by atoms with Gasteiger partial charge in [-0.2, -0.15) is 0 Å². The molecule has 3 aliphatic rings. The third-order valence-electron chi connectivity index (χ3n) is 7.01. The molecule has 1 aromatic heterocycles. The minimum atomic E-state index is -0.365. The smallest absolute Gasteiger partial charge is 0.273 e. The highest BCUT2D eigenvalue weighted by molar-refractivity contribution is 5.95. The molecule has 1 aromatic carbocycles. The lowest BCUT2D eigenvalue weighted by atomic mass is 9.83. The molecular formula is C24H29N3O6. The molecule has 9 heteroatoms. The van der Waals surface area contributed by atoms with Crippen LogP contribution in [0, 0.1) is 0 Å². The molecule has 0 radical (unpaired) electrons. The maximum atomic E-state index is 12.8. The SMILES string of the molecule is COc1cc(C(=O)N2CC3(CCCC(CNC(=O)c4cc(C5CCC5)on4)O3)C2)ccc1O. The van der Waals surface area contributed by atoms with E-state index in [1.807, 2.05) is 0 Å². The van der Waals surface area contributed by atoms with Crippen LogP contribution in [0.15, 0.2) is 28.8 Å². The molecule has 2 aliphatic heterocycles. The minimum Gasteiger partial charge on any atom is -0.504 e. The molecule has 1 spiro atoms. The number of methoxy groups -OCH3 is 1. The quantitative estimate of drug-likeness (QED) is 0.688. The predicted octanol–water partition coefficient (Wildman–Crippen LogP) is 2.85. The normalized spacial score (nSPS) is 21.8. The zero-order valence-corrected chi connectivity index (χ0v) is 18.7. The Morgan fingerprint density at radius 1 is 1.24 bits per heavy atom. The Labute approximate surface area is 192 Å². The molecule has 2 aromatic rings. The Bertz CT molecular complexity index is 1040. The number of benzene rings is 1. The zero-order valence-electron chi connectivity index (χ0n) is 18.7. The van der Waals surface area contributed by atoms with Crippen molar-refractivity contribution in [1.29, 1.82) is 0 Å². The Hall–Kier alpha value is -3.07. The molecule has 5 rings (SSSR count). The van der Waals surface area contributed by atoms with Gasteiger partial charge in [-0.25, -0.2) is 0 Å². The number of hydrogen-bond acceptors (Lipinski definition) is 7. The summed E-state index contributed by atoms with van der Waals surface area (Å²) in [5.41, 5.74) is 0.412. The van der Waals surface area contributed by atoms with E-state index < -0.39 is 0 Å². The fourth-order valence-corrected chi connectivity index (χ4v) is 4.86. The number of carbonyl (C=O) groups is 2. The van der Waals surface area contributed by atoms with Gasteiger partial charge in [0.15, 0.2) is 17.2 Å². The van der Waals surface area contributed by atoms with Gasteiger partial charge in [0, 0.05) is 24.1 Å². The van der Waals surface area contributed by atoms with Gasteiger partial charge in [0.25, 0.3) is 11.8 Å². The van der Waals surface area contributed by atoms with Crippen LogP contribution in [0.1, 0.15) is 71.0 Å². The van der Waals surface area contributed by atoms with E-state index in [2.05, 4.69) is 10.5 Å². The third-order valence-corrected chi connectivity index (χ3v) is 7.01. The summed E-state index contributed by atoms with van der Waals surface area (Å²) in [6.45, 7) is 1.41. The van der Waals surface area contributed by atoms with Crippen LogP contribution in [0.25, 0.3) is 0 Å². The molecule has 176 valence electrons. The first-order valence-electron chi connectivity index (χ1n) is 11.6. The summed E-state index contributed by atoms with van der Waals surface area (Å²) in [4.78, 5) is 27.0. The van der Waals surface area contributed by atoms with Crippen molar-refractivity contribution in [3.63, 3.8) is 0 Å². The molecule has 1 aliphatic carbocycles. The largest absolute Gasteiger partial charge is 0.504 e. The summed E-state index contributed by atoms with van der Waals surface area (Å²) >= 11 is 0. The second-order valence-corrected chi connectivity index (χ2v) is 9.32. The summed E-state index contributed by atoms with van der Waals surface area (Å²) in [5.74, 6) is 1.09. The van der Waals surface area contributed by atoms with Crippen molar-refractivity contribution in [2.45, 2.75) is 56.1 Å². The van der Waals surface area contributed by atoms with Crippen molar-refractivity contribution in [1.82, 2.24) is 15.4 Å². The maximum absolute atomic E-state index is 12.8. The lowest BCUT2D eigenvalue weighted by Crippen LogP contribution is -2.67. The first-order chi connectivity index (χ1) is 16.0.